The quantitative estimate of drug-likeness (QED) is 0.700. The molecule has 0 spiro atoms. The Hall–Kier alpha value is -2.40. The Morgan fingerprint density at radius 3 is 2.78 bits per heavy atom. The summed E-state index contributed by atoms with van der Waals surface area (Å²) in [6, 6.07) is 13.3. The van der Waals surface area contributed by atoms with Crippen LogP contribution in [0.2, 0.25) is 0 Å². The minimum absolute atomic E-state index is 0.146. The highest BCUT2D eigenvalue weighted by Gasteiger charge is 2.11. The molecule has 0 aliphatic heterocycles. The topological polar surface area (TPSA) is 51.1 Å². The smallest absolute Gasteiger partial charge is 0.244 e. The predicted octanol–water partition coefficient (Wildman–Crippen LogP) is 4.16. The fourth-order valence-electron chi connectivity index (χ4n) is 2.57. The normalized spacial score (nSPS) is 10.7. The number of fused-ring (bicyclic) bond motifs is 1. The van der Waals surface area contributed by atoms with Crippen molar-refractivity contribution in [3.05, 3.63) is 64.3 Å². The molecule has 3 rings (SSSR count). The maximum Gasteiger partial charge on any atom is 0.244 e. The zero-order valence-electron chi connectivity index (χ0n) is 12.5. The number of anilines is 1. The van der Waals surface area contributed by atoms with Gasteiger partial charge in [0, 0.05) is 27.1 Å². The fourth-order valence-corrected chi connectivity index (χ4v) is 3.16. The minimum Gasteiger partial charge on any atom is -0.337 e. The molecule has 0 fully saturated rings. The van der Waals surface area contributed by atoms with Gasteiger partial charge in [-0.05, 0) is 46.6 Å². The monoisotopic (exact) mass is 370 g/mol. The number of para-hydroxylation sites is 1. The van der Waals surface area contributed by atoms with Crippen molar-refractivity contribution in [2.75, 3.05) is 5.32 Å². The molecule has 0 radical (unpaired) electrons. The summed E-state index contributed by atoms with van der Waals surface area (Å²) >= 11 is 3.45. The average molecular weight is 371 g/mol. The average Bonchev–Trinajstić information content (AvgIpc) is 2.88. The molecule has 3 aromatic rings. The lowest BCUT2D eigenvalue weighted by molar-refractivity contribution is -0.116. The third-order valence-corrected chi connectivity index (χ3v) is 4.32. The number of aldehydes is 1. The largest absolute Gasteiger partial charge is 0.337 e. The number of hydrogen-bond acceptors (Lipinski definition) is 2. The van der Waals surface area contributed by atoms with E-state index >= 15 is 0 Å². The van der Waals surface area contributed by atoms with Crippen molar-refractivity contribution in [2.24, 2.45) is 0 Å². The van der Waals surface area contributed by atoms with Crippen molar-refractivity contribution in [3.63, 3.8) is 0 Å². The van der Waals surface area contributed by atoms with E-state index in [2.05, 4.69) is 21.2 Å². The molecule has 0 aliphatic carbocycles. The van der Waals surface area contributed by atoms with Crippen molar-refractivity contribution in [3.8, 4) is 0 Å². The van der Waals surface area contributed by atoms with Crippen molar-refractivity contribution < 1.29 is 9.59 Å². The molecular weight excluding hydrogens is 356 g/mol. The van der Waals surface area contributed by atoms with Gasteiger partial charge >= 0.3 is 0 Å². The van der Waals surface area contributed by atoms with Crippen LogP contribution in [-0.4, -0.2) is 16.8 Å². The molecule has 1 aromatic heterocycles. The van der Waals surface area contributed by atoms with Gasteiger partial charge in [-0.25, -0.2) is 0 Å². The van der Waals surface area contributed by atoms with Crippen LogP contribution < -0.4 is 5.32 Å². The molecule has 0 atom stereocenters. The van der Waals surface area contributed by atoms with Crippen LogP contribution in [0, 0.1) is 6.92 Å². The van der Waals surface area contributed by atoms with Gasteiger partial charge in [-0.1, -0.05) is 24.3 Å². The Morgan fingerprint density at radius 1 is 1.26 bits per heavy atom. The summed E-state index contributed by atoms with van der Waals surface area (Å²) in [6.07, 6.45) is 2.52. The zero-order valence-corrected chi connectivity index (χ0v) is 14.1. The lowest BCUT2D eigenvalue weighted by Gasteiger charge is -2.09. The Balaban J connectivity index is 1.84. The summed E-state index contributed by atoms with van der Waals surface area (Å²) in [5.41, 5.74) is 3.30. The number of aryl methyl sites for hydroxylation is 1. The molecular formula is C18H15BrN2O2. The van der Waals surface area contributed by atoms with E-state index in [-0.39, 0.29) is 12.5 Å². The number of nitrogens with one attached hydrogen (secondary N) is 1. The van der Waals surface area contributed by atoms with Gasteiger partial charge in [-0.15, -0.1) is 0 Å². The highest BCUT2D eigenvalue weighted by Crippen LogP contribution is 2.24. The first kappa shape index (κ1) is 15.5. The number of benzene rings is 2. The molecule has 5 heteroatoms. The molecule has 1 heterocycles. The van der Waals surface area contributed by atoms with Crippen molar-refractivity contribution >= 4 is 44.7 Å². The third kappa shape index (κ3) is 3.19. The number of carbonyl (C=O) groups excluding carboxylic acids is 2. The van der Waals surface area contributed by atoms with Crippen LogP contribution in [-0.2, 0) is 11.3 Å². The van der Waals surface area contributed by atoms with E-state index in [1.54, 1.807) is 10.8 Å². The molecule has 0 saturated heterocycles. The van der Waals surface area contributed by atoms with Gasteiger partial charge < -0.3 is 9.88 Å². The van der Waals surface area contributed by atoms with Crippen LogP contribution in [0.3, 0.4) is 0 Å². The SMILES string of the molecule is Cc1ccc(NC(=O)Cn2cc(C=O)c3ccccc32)c(Br)c1. The molecule has 0 unspecified atom stereocenters. The van der Waals surface area contributed by atoms with Crippen LogP contribution in [0.1, 0.15) is 15.9 Å². The Morgan fingerprint density at radius 2 is 2.04 bits per heavy atom. The Labute approximate surface area is 142 Å². The molecule has 116 valence electrons. The van der Waals surface area contributed by atoms with E-state index in [1.165, 1.54) is 0 Å². The van der Waals surface area contributed by atoms with Gasteiger partial charge in [-0.3, -0.25) is 9.59 Å². The lowest BCUT2D eigenvalue weighted by Crippen LogP contribution is -2.18. The first-order chi connectivity index (χ1) is 11.1. The highest BCUT2D eigenvalue weighted by molar-refractivity contribution is 9.10. The number of aromatic nitrogens is 1. The van der Waals surface area contributed by atoms with Gasteiger partial charge in [0.25, 0.3) is 0 Å². The summed E-state index contributed by atoms with van der Waals surface area (Å²) in [5.74, 6) is -0.146. The highest BCUT2D eigenvalue weighted by atomic mass is 79.9. The van der Waals surface area contributed by atoms with Gasteiger partial charge in [0.15, 0.2) is 6.29 Å². The van der Waals surface area contributed by atoms with Crippen molar-refractivity contribution in [1.82, 2.24) is 4.57 Å². The number of hydrogen-bond donors (Lipinski definition) is 1. The standard InChI is InChI=1S/C18H15BrN2O2/c1-12-6-7-16(15(19)8-12)20-18(23)10-21-9-13(11-22)14-4-2-3-5-17(14)21/h2-9,11H,10H2,1H3,(H,20,23). The first-order valence-corrected chi connectivity index (χ1v) is 7.97. The van der Waals surface area contributed by atoms with E-state index in [1.807, 2.05) is 49.4 Å². The van der Waals surface area contributed by atoms with Crippen LogP contribution in [0.4, 0.5) is 5.69 Å². The third-order valence-electron chi connectivity index (χ3n) is 3.66. The second kappa shape index (κ2) is 6.38. The number of carbonyl (C=O) groups is 2. The Bertz CT molecular complexity index is 899. The van der Waals surface area contributed by atoms with Gasteiger partial charge in [0.1, 0.15) is 6.54 Å². The fraction of sp³-hybridized carbons (Fsp3) is 0.111. The van der Waals surface area contributed by atoms with E-state index in [9.17, 15) is 9.59 Å². The van der Waals surface area contributed by atoms with E-state index in [0.29, 0.717) is 5.56 Å². The van der Waals surface area contributed by atoms with Crippen LogP contribution >= 0.6 is 15.9 Å². The molecule has 23 heavy (non-hydrogen) atoms. The van der Waals surface area contributed by atoms with Crippen LogP contribution in [0.25, 0.3) is 10.9 Å². The second-order valence-electron chi connectivity index (χ2n) is 5.38. The van der Waals surface area contributed by atoms with E-state index in [0.717, 1.165) is 32.9 Å². The summed E-state index contributed by atoms with van der Waals surface area (Å²) in [5, 5.41) is 3.74. The van der Waals surface area contributed by atoms with Crippen molar-refractivity contribution in [2.45, 2.75) is 13.5 Å². The number of halogens is 1. The molecule has 4 nitrogen and oxygen atoms in total. The number of rotatable bonds is 4. The summed E-state index contributed by atoms with van der Waals surface area (Å²) in [4.78, 5) is 23.5. The first-order valence-electron chi connectivity index (χ1n) is 7.17. The van der Waals surface area contributed by atoms with Gasteiger partial charge in [-0.2, -0.15) is 0 Å². The summed E-state index contributed by atoms with van der Waals surface area (Å²) in [7, 11) is 0. The second-order valence-corrected chi connectivity index (χ2v) is 6.23. The maximum absolute atomic E-state index is 12.3. The van der Waals surface area contributed by atoms with Crippen LogP contribution in [0.15, 0.2) is 53.1 Å². The van der Waals surface area contributed by atoms with Crippen molar-refractivity contribution in [1.29, 1.82) is 0 Å². The molecule has 0 saturated carbocycles. The number of nitrogens with zero attached hydrogens (tertiary/aromatic N) is 1. The lowest BCUT2D eigenvalue weighted by atomic mass is 10.2. The van der Waals surface area contributed by atoms with Gasteiger partial charge in [0.05, 0.1) is 5.69 Å². The molecule has 0 aliphatic rings. The predicted molar refractivity (Wildman–Crippen MR) is 94.8 cm³/mol. The Kier molecular flexibility index (Phi) is 4.30. The minimum atomic E-state index is -0.146. The molecule has 1 N–H and O–H groups in total. The van der Waals surface area contributed by atoms with E-state index < -0.39 is 0 Å². The van der Waals surface area contributed by atoms with E-state index in [4.69, 9.17) is 0 Å². The number of amides is 1. The molecule has 2 aromatic carbocycles. The summed E-state index contributed by atoms with van der Waals surface area (Å²) in [6.45, 7) is 2.14. The summed E-state index contributed by atoms with van der Waals surface area (Å²) < 4.78 is 2.63. The maximum atomic E-state index is 12.3. The zero-order chi connectivity index (χ0) is 16.4. The molecule has 1 amide bonds. The molecule has 0 bridgehead atoms. The van der Waals surface area contributed by atoms with Gasteiger partial charge in [0.2, 0.25) is 5.91 Å². The van der Waals surface area contributed by atoms with Crippen LogP contribution in [0.5, 0.6) is 0 Å².